The molecule has 2 aromatic heterocycles. The first-order valence-corrected chi connectivity index (χ1v) is 8.24. The van der Waals surface area contributed by atoms with Crippen LogP contribution in [0.2, 0.25) is 0 Å². The molecule has 0 spiro atoms. The van der Waals surface area contributed by atoms with Crippen molar-refractivity contribution in [1.29, 1.82) is 0 Å². The van der Waals surface area contributed by atoms with Crippen molar-refractivity contribution in [1.82, 2.24) is 14.6 Å². The molecule has 0 bridgehead atoms. The SMILES string of the molecule is O=S(=O)(Oc1ncc2ccc(C3=CCCCC3)n2n1)C(F)(F)F. The molecule has 0 amide bonds. The molecule has 1 aliphatic rings. The van der Waals surface area contributed by atoms with Crippen LogP contribution in [0.15, 0.2) is 24.4 Å². The first kappa shape index (κ1) is 15.8. The van der Waals surface area contributed by atoms with Crippen molar-refractivity contribution in [2.75, 3.05) is 0 Å². The second kappa shape index (κ2) is 5.52. The van der Waals surface area contributed by atoms with Gasteiger partial charge in [0.05, 0.1) is 17.4 Å². The highest BCUT2D eigenvalue weighted by atomic mass is 32.2. The van der Waals surface area contributed by atoms with E-state index in [0.29, 0.717) is 11.2 Å². The van der Waals surface area contributed by atoms with Crippen molar-refractivity contribution >= 4 is 21.2 Å². The molecule has 2 heterocycles. The van der Waals surface area contributed by atoms with E-state index in [9.17, 15) is 21.6 Å². The molecule has 0 saturated carbocycles. The van der Waals surface area contributed by atoms with Gasteiger partial charge in [0.2, 0.25) is 0 Å². The lowest BCUT2D eigenvalue weighted by molar-refractivity contribution is -0.0503. The number of halogens is 3. The zero-order valence-electron chi connectivity index (χ0n) is 11.7. The van der Waals surface area contributed by atoms with Crippen LogP contribution in [0, 0.1) is 0 Å². The van der Waals surface area contributed by atoms with Gasteiger partial charge in [0.15, 0.2) is 0 Å². The molecular weight excluding hydrogens is 335 g/mol. The van der Waals surface area contributed by atoms with Crippen LogP contribution >= 0.6 is 0 Å². The Labute approximate surface area is 129 Å². The Morgan fingerprint density at radius 1 is 1.22 bits per heavy atom. The van der Waals surface area contributed by atoms with E-state index >= 15 is 0 Å². The molecule has 3 rings (SSSR count). The fourth-order valence-electron chi connectivity index (χ4n) is 2.38. The Morgan fingerprint density at radius 3 is 2.65 bits per heavy atom. The first-order valence-electron chi connectivity index (χ1n) is 6.83. The van der Waals surface area contributed by atoms with Gasteiger partial charge >= 0.3 is 21.6 Å². The van der Waals surface area contributed by atoms with Crippen LogP contribution in [-0.4, -0.2) is 28.5 Å². The summed E-state index contributed by atoms with van der Waals surface area (Å²) >= 11 is 0. The standard InChI is InChI=1S/C13H12F3N3O3S/c14-13(15,16)23(20,21)22-12-17-8-10-6-7-11(19(10)18-12)9-4-2-1-3-5-9/h4,6-8H,1-3,5H2. The Morgan fingerprint density at radius 2 is 2.00 bits per heavy atom. The number of fused-ring (bicyclic) bond motifs is 1. The van der Waals surface area contributed by atoms with Gasteiger partial charge in [-0.25, -0.2) is 4.52 Å². The number of rotatable bonds is 3. The topological polar surface area (TPSA) is 73.6 Å². The van der Waals surface area contributed by atoms with E-state index in [-0.39, 0.29) is 0 Å². The Hall–Kier alpha value is -2.10. The Bertz CT molecular complexity index is 871. The molecule has 1 aliphatic carbocycles. The highest BCUT2D eigenvalue weighted by Gasteiger charge is 2.49. The minimum atomic E-state index is -5.79. The van der Waals surface area contributed by atoms with Crippen molar-refractivity contribution in [3.63, 3.8) is 0 Å². The second-order valence-electron chi connectivity index (χ2n) is 5.05. The number of hydrogen-bond acceptors (Lipinski definition) is 5. The summed E-state index contributed by atoms with van der Waals surface area (Å²) < 4.78 is 64.5. The molecule has 0 unspecified atom stereocenters. The summed E-state index contributed by atoms with van der Waals surface area (Å²) in [6, 6.07) is 2.60. The van der Waals surface area contributed by atoms with Gasteiger partial charge < -0.3 is 4.18 Å². The lowest BCUT2D eigenvalue weighted by Crippen LogP contribution is -2.28. The molecule has 0 radical (unpaired) electrons. The molecule has 10 heteroatoms. The molecule has 0 aliphatic heterocycles. The average Bonchev–Trinajstić information content (AvgIpc) is 2.89. The van der Waals surface area contributed by atoms with E-state index in [1.54, 1.807) is 12.1 Å². The van der Waals surface area contributed by atoms with Crippen molar-refractivity contribution in [2.24, 2.45) is 0 Å². The number of allylic oxidation sites excluding steroid dienone is 2. The molecule has 0 aromatic carbocycles. The number of nitrogens with zero attached hydrogens (tertiary/aromatic N) is 3. The summed E-state index contributed by atoms with van der Waals surface area (Å²) in [5.41, 5.74) is -3.30. The van der Waals surface area contributed by atoms with Crippen LogP contribution in [0.25, 0.3) is 11.1 Å². The molecule has 2 aromatic rings. The van der Waals surface area contributed by atoms with Crippen molar-refractivity contribution in [2.45, 2.75) is 31.2 Å². The normalized spacial score (nSPS) is 16.4. The fourth-order valence-corrected chi connectivity index (χ4v) is 2.75. The van der Waals surface area contributed by atoms with Crippen LogP contribution in [0.1, 0.15) is 31.4 Å². The Kier molecular flexibility index (Phi) is 3.78. The lowest BCUT2D eigenvalue weighted by atomic mass is 9.97. The van der Waals surface area contributed by atoms with Gasteiger partial charge in [-0.1, -0.05) is 6.08 Å². The van der Waals surface area contributed by atoms with Crippen LogP contribution in [0.5, 0.6) is 6.01 Å². The third kappa shape index (κ3) is 3.03. The number of aromatic nitrogens is 3. The molecule has 6 nitrogen and oxygen atoms in total. The molecule has 124 valence electrons. The quantitative estimate of drug-likeness (QED) is 0.630. The molecule has 0 fully saturated rings. The second-order valence-corrected chi connectivity index (χ2v) is 6.59. The van der Waals surface area contributed by atoms with Crippen molar-refractivity contribution in [3.8, 4) is 6.01 Å². The average molecular weight is 347 g/mol. The van der Waals surface area contributed by atoms with Gasteiger partial charge in [0, 0.05) is 0 Å². The van der Waals surface area contributed by atoms with E-state index in [0.717, 1.165) is 31.3 Å². The molecule has 23 heavy (non-hydrogen) atoms. The maximum atomic E-state index is 12.4. The van der Waals surface area contributed by atoms with Gasteiger partial charge in [0.25, 0.3) is 0 Å². The molecule has 0 saturated heterocycles. The predicted octanol–water partition coefficient (Wildman–Crippen LogP) is 2.92. The maximum absolute atomic E-state index is 12.4. The van der Waals surface area contributed by atoms with Crippen molar-refractivity contribution in [3.05, 3.63) is 30.1 Å². The van der Waals surface area contributed by atoms with E-state index in [1.165, 1.54) is 10.7 Å². The first-order chi connectivity index (χ1) is 10.8. The van der Waals surface area contributed by atoms with Crippen LogP contribution < -0.4 is 4.18 Å². The summed E-state index contributed by atoms with van der Waals surface area (Å²) in [4.78, 5) is 3.51. The number of hydrogen-bond donors (Lipinski definition) is 0. The molecule has 0 atom stereocenters. The third-order valence-electron chi connectivity index (χ3n) is 3.47. The van der Waals surface area contributed by atoms with Crippen LogP contribution in [0.3, 0.4) is 0 Å². The summed E-state index contributed by atoms with van der Waals surface area (Å²) in [6.45, 7) is 0. The van der Waals surface area contributed by atoms with Crippen LogP contribution in [-0.2, 0) is 10.1 Å². The smallest absolute Gasteiger partial charge is 0.335 e. The summed E-state index contributed by atoms with van der Waals surface area (Å²) in [6.07, 6.45) is 7.09. The van der Waals surface area contributed by atoms with E-state index in [1.807, 2.05) is 6.08 Å². The lowest BCUT2D eigenvalue weighted by Gasteiger charge is -2.13. The summed E-state index contributed by atoms with van der Waals surface area (Å²) in [7, 11) is -5.79. The molecular formula is C13H12F3N3O3S. The van der Waals surface area contributed by atoms with E-state index < -0.39 is 21.6 Å². The zero-order chi connectivity index (χ0) is 16.7. The van der Waals surface area contributed by atoms with Crippen molar-refractivity contribution < 1.29 is 25.8 Å². The van der Waals surface area contributed by atoms with Gasteiger partial charge in [-0.15, -0.1) is 5.10 Å². The predicted molar refractivity (Wildman–Crippen MR) is 75.0 cm³/mol. The van der Waals surface area contributed by atoms with E-state index in [4.69, 9.17) is 0 Å². The number of alkyl halides is 3. The largest absolute Gasteiger partial charge is 0.534 e. The maximum Gasteiger partial charge on any atom is 0.534 e. The fraction of sp³-hybridized carbons (Fsp3) is 0.385. The zero-order valence-corrected chi connectivity index (χ0v) is 12.6. The van der Waals surface area contributed by atoms with Crippen LogP contribution in [0.4, 0.5) is 13.2 Å². The van der Waals surface area contributed by atoms with Gasteiger partial charge in [0.1, 0.15) is 0 Å². The summed E-state index contributed by atoms with van der Waals surface area (Å²) in [5.74, 6) is 0. The monoisotopic (exact) mass is 347 g/mol. The third-order valence-corrected chi connectivity index (χ3v) is 4.40. The molecule has 0 N–H and O–H groups in total. The van der Waals surface area contributed by atoms with Gasteiger partial charge in [-0.2, -0.15) is 26.6 Å². The summed E-state index contributed by atoms with van der Waals surface area (Å²) in [5, 5.41) is 3.77. The van der Waals surface area contributed by atoms with Gasteiger partial charge in [-0.3, -0.25) is 0 Å². The van der Waals surface area contributed by atoms with Gasteiger partial charge in [-0.05, 0) is 43.4 Å². The highest BCUT2D eigenvalue weighted by Crippen LogP contribution is 2.29. The Balaban J connectivity index is 2.00. The highest BCUT2D eigenvalue weighted by molar-refractivity contribution is 7.87. The van der Waals surface area contributed by atoms with E-state index in [2.05, 4.69) is 14.3 Å². The minimum Gasteiger partial charge on any atom is -0.335 e. The minimum absolute atomic E-state index is 0.531.